The molecule has 2 N–H and O–H groups in total. The Morgan fingerprint density at radius 1 is 0.800 bits per heavy atom. The number of methoxy groups -OCH3 is 1. The number of thiocarbonyl (C=S) groups is 2. The van der Waals surface area contributed by atoms with E-state index in [1.54, 1.807) is 19.3 Å². The van der Waals surface area contributed by atoms with Crippen LogP contribution in [0, 0.1) is 0 Å². The lowest BCUT2D eigenvalue weighted by atomic mass is 10.2. The number of rotatable bonds is 13. The number of hydrazine groups is 1. The number of ether oxygens (including phenoxy) is 2. The fourth-order valence-electron chi connectivity index (χ4n) is 4.34. The van der Waals surface area contributed by atoms with E-state index in [0.717, 1.165) is 16.9 Å². The summed E-state index contributed by atoms with van der Waals surface area (Å²) >= 11 is 13.2. The van der Waals surface area contributed by atoms with Crippen molar-refractivity contribution in [2.75, 3.05) is 26.8 Å². The van der Waals surface area contributed by atoms with Crippen LogP contribution in [-0.4, -0.2) is 68.9 Å². The summed E-state index contributed by atoms with van der Waals surface area (Å²) in [5, 5.41) is 0. The highest BCUT2D eigenvalue weighted by atomic mass is 32.2. The summed E-state index contributed by atoms with van der Waals surface area (Å²) < 4.78 is 11.6. The van der Waals surface area contributed by atoms with Crippen molar-refractivity contribution in [1.29, 1.82) is 0 Å². The van der Waals surface area contributed by atoms with Crippen LogP contribution in [0.15, 0.2) is 58.3 Å². The van der Waals surface area contributed by atoms with Gasteiger partial charge in [-0.3, -0.25) is 39.8 Å². The summed E-state index contributed by atoms with van der Waals surface area (Å²) in [6, 6.07) is 14.8. The Morgan fingerprint density at radius 2 is 1.27 bits per heavy atom. The molecule has 2 aromatic rings. The van der Waals surface area contributed by atoms with Crippen molar-refractivity contribution in [3.8, 4) is 11.5 Å². The summed E-state index contributed by atoms with van der Waals surface area (Å²) in [4.78, 5) is 54.3. The Balaban J connectivity index is 1.15. The monoisotopic (exact) mass is 684 g/mol. The minimum Gasteiger partial charge on any atom is -0.497 e. The molecule has 0 radical (unpaired) electrons. The lowest BCUT2D eigenvalue weighted by molar-refractivity contribution is -0.129. The zero-order chi connectivity index (χ0) is 32.3. The molecular weight excluding hydrogens is 653 g/mol. The van der Waals surface area contributed by atoms with Crippen molar-refractivity contribution in [1.82, 2.24) is 20.7 Å². The Hall–Kier alpha value is -3.72. The summed E-state index contributed by atoms with van der Waals surface area (Å²) in [5.74, 6) is 0.196. The van der Waals surface area contributed by atoms with Gasteiger partial charge in [-0.2, -0.15) is 0 Å². The molecule has 0 atom stereocenters. The highest BCUT2D eigenvalue weighted by Crippen LogP contribution is 2.34. The fraction of sp³-hybridized carbons (Fsp3) is 0.290. The topological polar surface area (TPSA) is 117 Å². The highest BCUT2D eigenvalue weighted by Gasteiger charge is 2.32. The van der Waals surface area contributed by atoms with Gasteiger partial charge < -0.3 is 9.47 Å². The number of carbonyl (C=O) groups is 4. The summed E-state index contributed by atoms with van der Waals surface area (Å²) in [6.07, 6.45) is 4.42. The standard InChI is InChI=1S/C31H32N4O6S4/c1-3-41-23-11-5-9-21(17-23)19-25-29(39)35(31(43)45-25)15-7-13-27(37)33-32-26(36)12-6-14-34-28(38)24(44-30(34)42)18-20-8-4-10-22(16-20)40-2/h4-5,8-11,16-19H,3,6-7,12-15H2,1-2H3,(H,32,36)(H,33,37). The summed E-state index contributed by atoms with van der Waals surface area (Å²) in [7, 11) is 1.58. The second kappa shape index (κ2) is 16.5. The van der Waals surface area contributed by atoms with Crippen LogP contribution in [-0.2, 0) is 19.2 Å². The van der Waals surface area contributed by atoms with E-state index in [4.69, 9.17) is 33.9 Å². The van der Waals surface area contributed by atoms with Gasteiger partial charge in [-0.15, -0.1) is 0 Å². The largest absolute Gasteiger partial charge is 0.497 e. The quantitative estimate of drug-likeness (QED) is 0.171. The van der Waals surface area contributed by atoms with Crippen molar-refractivity contribution in [3.63, 3.8) is 0 Å². The molecule has 0 aromatic heterocycles. The van der Waals surface area contributed by atoms with Crippen LogP contribution in [0.4, 0.5) is 0 Å². The van der Waals surface area contributed by atoms with E-state index >= 15 is 0 Å². The zero-order valence-corrected chi connectivity index (χ0v) is 28.0. The van der Waals surface area contributed by atoms with E-state index in [-0.39, 0.29) is 37.7 Å². The molecule has 10 nitrogen and oxygen atoms in total. The average molecular weight is 685 g/mol. The molecule has 236 valence electrons. The maximum atomic E-state index is 12.9. The molecule has 2 saturated heterocycles. The third-order valence-electron chi connectivity index (χ3n) is 6.52. The maximum absolute atomic E-state index is 12.9. The molecule has 0 spiro atoms. The number of benzene rings is 2. The van der Waals surface area contributed by atoms with Crippen molar-refractivity contribution in [2.24, 2.45) is 0 Å². The number of thioether (sulfide) groups is 2. The van der Waals surface area contributed by atoms with Gasteiger partial charge in [-0.1, -0.05) is 72.2 Å². The Morgan fingerprint density at radius 3 is 1.73 bits per heavy atom. The van der Waals surface area contributed by atoms with Gasteiger partial charge in [0.1, 0.15) is 20.1 Å². The van der Waals surface area contributed by atoms with Crippen LogP contribution in [0.1, 0.15) is 43.7 Å². The van der Waals surface area contributed by atoms with Crippen molar-refractivity contribution in [3.05, 3.63) is 69.5 Å². The molecule has 2 aliphatic heterocycles. The highest BCUT2D eigenvalue weighted by molar-refractivity contribution is 8.27. The zero-order valence-electron chi connectivity index (χ0n) is 24.7. The molecule has 14 heteroatoms. The lowest BCUT2D eigenvalue weighted by Crippen LogP contribution is -2.42. The summed E-state index contributed by atoms with van der Waals surface area (Å²) in [5.41, 5.74) is 6.44. The predicted octanol–water partition coefficient (Wildman–Crippen LogP) is 4.90. The molecule has 2 aromatic carbocycles. The van der Waals surface area contributed by atoms with Gasteiger partial charge >= 0.3 is 0 Å². The normalized spacial score (nSPS) is 16.6. The van der Waals surface area contributed by atoms with Gasteiger partial charge in [0, 0.05) is 25.9 Å². The van der Waals surface area contributed by atoms with Crippen LogP contribution in [0.3, 0.4) is 0 Å². The molecule has 4 amide bonds. The minimum atomic E-state index is -0.392. The first kappa shape index (κ1) is 34.2. The third kappa shape index (κ3) is 9.63. The van der Waals surface area contributed by atoms with Crippen LogP contribution in [0.5, 0.6) is 11.5 Å². The molecule has 2 fully saturated rings. The smallest absolute Gasteiger partial charge is 0.266 e. The average Bonchev–Trinajstić information content (AvgIpc) is 3.44. The number of hydrogen-bond acceptors (Lipinski definition) is 10. The molecular formula is C31H32N4O6S4. The Bertz CT molecular complexity index is 1560. The Kier molecular flexibility index (Phi) is 12.6. The number of carbonyl (C=O) groups excluding carboxylic acids is 4. The molecule has 0 unspecified atom stereocenters. The van der Waals surface area contributed by atoms with E-state index in [2.05, 4.69) is 10.9 Å². The molecule has 45 heavy (non-hydrogen) atoms. The second-order valence-corrected chi connectivity index (χ2v) is 13.1. The second-order valence-electron chi connectivity index (χ2n) is 9.75. The van der Waals surface area contributed by atoms with Crippen LogP contribution in [0.2, 0.25) is 0 Å². The molecule has 2 aliphatic rings. The number of nitrogens with zero attached hydrogens (tertiary/aromatic N) is 2. The Labute approximate surface area is 280 Å². The van der Waals surface area contributed by atoms with Crippen molar-refractivity contribution >= 4 is 92.4 Å². The lowest BCUT2D eigenvalue weighted by Gasteiger charge is -2.15. The molecule has 2 heterocycles. The predicted molar refractivity (Wildman–Crippen MR) is 185 cm³/mol. The first-order valence-electron chi connectivity index (χ1n) is 14.1. The SMILES string of the molecule is CCOc1cccc(C=C2SC(=S)N(CCCC(=O)NNC(=O)CCCN3C(=O)C(=Cc4cccc(OC)c4)SC3=S)C2=O)c1. The molecule has 0 bridgehead atoms. The van der Waals surface area contributed by atoms with Gasteiger partial charge in [0.2, 0.25) is 11.8 Å². The number of hydrogen-bond donors (Lipinski definition) is 2. The van der Waals surface area contributed by atoms with E-state index < -0.39 is 11.8 Å². The van der Waals surface area contributed by atoms with Gasteiger partial charge in [0.25, 0.3) is 11.8 Å². The van der Waals surface area contributed by atoms with Crippen LogP contribution >= 0.6 is 48.0 Å². The fourth-order valence-corrected chi connectivity index (χ4v) is 6.96. The van der Waals surface area contributed by atoms with Crippen LogP contribution in [0.25, 0.3) is 12.2 Å². The maximum Gasteiger partial charge on any atom is 0.266 e. The van der Waals surface area contributed by atoms with Gasteiger partial charge in [-0.05, 0) is 67.3 Å². The van der Waals surface area contributed by atoms with Gasteiger partial charge in [0.05, 0.1) is 23.5 Å². The first-order chi connectivity index (χ1) is 21.7. The number of amides is 4. The van der Waals surface area contributed by atoms with Gasteiger partial charge in [-0.25, -0.2) is 0 Å². The van der Waals surface area contributed by atoms with Gasteiger partial charge in [0.15, 0.2) is 0 Å². The van der Waals surface area contributed by atoms with Crippen molar-refractivity contribution in [2.45, 2.75) is 32.6 Å². The van der Waals surface area contributed by atoms with Crippen LogP contribution < -0.4 is 20.3 Å². The number of nitrogens with one attached hydrogen (secondary N) is 2. The summed E-state index contributed by atoms with van der Waals surface area (Å²) in [6.45, 7) is 3.00. The minimum absolute atomic E-state index is 0.0859. The molecule has 0 aliphatic carbocycles. The first-order valence-corrected chi connectivity index (χ1v) is 16.6. The van der Waals surface area contributed by atoms with E-state index in [1.807, 2.05) is 55.5 Å². The molecule has 4 rings (SSSR count). The molecule has 0 saturated carbocycles. The van der Waals surface area contributed by atoms with E-state index in [9.17, 15) is 19.2 Å². The third-order valence-corrected chi connectivity index (χ3v) is 9.27. The van der Waals surface area contributed by atoms with E-state index in [0.29, 0.717) is 43.6 Å². The van der Waals surface area contributed by atoms with E-state index in [1.165, 1.54) is 33.3 Å². The van der Waals surface area contributed by atoms with Crippen molar-refractivity contribution < 1.29 is 28.7 Å².